The van der Waals surface area contributed by atoms with Crippen LogP contribution in [-0.4, -0.2) is 21.8 Å². The molecule has 0 fully saturated rings. The second-order valence-electron chi connectivity index (χ2n) is 5.73. The van der Waals surface area contributed by atoms with Crippen molar-refractivity contribution in [2.75, 3.05) is 6.61 Å². The summed E-state index contributed by atoms with van der Waals surface area (Å²) in [6, 6.07) is 14.1. The highest BCUT2D eigenvalue weighted by atomic mass is 32.2. The zero-order chi connectivity index (χ0) is 18.6. The van der Waals surface area contributed by atoms with Crippen LogP contribution in [0.2, 0.25) is 0 Å². The number of aromatic nitrogens is 3. The minimum atomic E-state index is -0.289. The molecule has 0 aliphatic heterocycles. The van der Waals surface area contributed by atoms with Gasteiger partial charge in [-0.25, -0.2) is 4.39 Å². The van der Waals surface area contributed by atoms with Crippen molar-refractivity contribution in [1.29, 1.82) is 0 Å². The number of hydrogen-bond donors (Lipinski definition) is 0. The van der Waals surface area contributed by atoms with E-state index in [9.17, 15) is 4.39 Å². The summed E-state index contributed by atoms with van der Waals surface area (Å²) in [4.78, 5) is 4.36. The SMILES string of the molecule is CCOc1ccccc1-c1nnc(SCc2cc(F)cc3cccnc23)o1. The summed E-state index contributed by atoms with van der Waals surface area (Å²) in [6.07, 6.45) is 1.70. The lowest BCUT2D eigenvalue weighted by Crippen LogP contribution is -1.93. The van der Waals surface area contributed by atoms with Gasteiger partial charge >= 0.3 is 0 Å². The maximum Gasteiger partial charge on any atom is 0.277 e. The predicted molar refractivity (Wildman–Crippen MR) is 102 cm³/mol. The van der Waals surface area contributed by atoms with Crippen LogP contribution in [0.4, 0.5) is 4.39 Å². The quantitative estimate of drug-likeness (QED) is 0.432. The van der Waals surface area contributed by atoms with Crippen molar-refractivity contribution in [3.63, 3.8) is 0 Å². The van der Waals surface area contributed by atoms with Gasteiger partial charge in [0.1, 0.15) is 11.6 Å². The number of nitrogens with zero attached hydrogens (tertiary/aromatic N) is 3. The van der Waals surface area contributed by atoms with Crippen LogP contribution in [0.25, 0.3) is 22.4 Å². The van der Waals surface area contributed by atoms with Crippen molar-refractivity contribution < 1.29 is 13.5 Å². The van der Waals surface area contributed by atoms with Crippen LogP contribution in [0.3, 0.4) is 0 Å². The zero-order valence-corrected chi connectivity index (χ0v) is 15.4. The Balaban J connectivity index is 1.56. The van der Waals surface area contributed by atoms with Gasteiger partial charge in [0, 0.05) is 17.3 Å². The average molecular weight is 381 g/mol. The molecule has 136 valence electrons. The molecule has 0 saturated carbocycles. The molecule has 7 heteroatoms. The topological polar surface area (TPSA) is 61.0 Å². The van der Waals surface area contributed by atoms with Gasteiger partial charge in [0.05, 0.1) is 17.7 Å². The standard InChI is InChI=1S/C20H16FN3O2S/c1-2-25-17-8-4-3-7-16(17)19-23-24-20(26-19)27-12-14-11-15(21)10-13-6-5-9-22-18(13)14/h3-11H,2,12H2,1H3. The molecular formula is C20H16FN3O2S. The summed E-state index contributed by atoms with van der Waals surface area (Å²) in [5.41, 5.74) is 2.30. The Morgan fingerprint density at radius 3 is 2.89 bits per heavy atom. The van der Waals surface area contributed by atoms with Crippen LogP contribution in [0.1, 0.15) is 12.5 Å². The van der Waals surface area contributed by atoms with Gasteiger partial charge in [0.15, 0.2) is 0 Å². The van der Waals surface area contributed by atoms with E-state index in [-0.39, 0.29) is 5.82 Å². The van der Waals surface area contributed by atoms with Gasteiger partial charge in [-0.15, -0.1) is 10.2 Å². The number of benzene rings is 2. The van der Waals surface area contributed by atoms with Crippen molar-refractivity contribution in [1.82, 2.24) is 15.2 Å². The highest BCUT2D eigenvalue weighted by Crippen LogP contribution is 2.32. The molecule has 0 aliphatic carbocycles. The third kappa shape index (κ3) is 3.78. The Kier molecular flexibility index (Phi) is 5.02. The van der Waals surface area contributed by atoms with Gasteiger partial charge in [-0.1, -0.05) is 30.0 Å². The maximum atomic E-state index is 13.9. The molecular weight excluding hydrogens is 365 g/mol. The fourth-order valence-corrected chi connectivity index (χ4v) is 3.51. The molecule has 0 saturated heterocycles. The summed E-state index contributed by atoms with van der Waals surface area (Å²) in [5, 5.41) is 9.38. The molecule has 2 heterocycles. The third-order valence-electron chi connectivity index (χ3n) is 3.92. The largest absolute Gasteiger partial charge is 0.493 e. The Labute approximate surface area is 159 Å². The molecule has 4 rings (SSSR count). The van der Waals surface area contributed by atoms with Crippen LogP contribution in [-0.2, 0) is 5.75 Å². The number of hydrogen-bond acceptors (Lipinski definition) is 6. The molecule has 0 N–H and O–H groups in total. The van der Waals surface area contributed by atoms with Crippen LogP contribution in [0.5, 0.6) is 5.75 Å². The van der Waals surface area contributed by atoms with Crippen LogP contribution >= 0.6 is 11.8 Å². The number of fused-ring (bicyclic) bond motifs is 1. The summed E-state index contributed by atoms with van der Waals surface area (Å²) in [6.45, 7) is 2.47. The van der Waals surface area contributed by atoms with Crippen molar-refractivity contribution >= 4 is 22.7 Å². The number of para-hydroxylation sites is 1. The first kappa shape index (κ1) is 17.5. The molecule has 0 radical (unpaired) electrons. The lowest BCUT2D eigenvalue weighted by atomic mass is 10.1. The van der Waals surface area contributed by atoms with E-state index in [4.69, 9.17) is 9.15 Å². The number of halogens is 1. The Bertz CT molecular complexity index is 1080. The van der Waals surface area contributed by atoms with Gasteiger partial charge in [0.2, 0.25) is 0 Å². The summed E-state index contributed by atoms with van der Waals surface area (Å²) in [5.74, 6) is 1.27. The van der Waals surface area contributed by atoms with Crippen molar-refractivity contribution in [3.05, 3.63) is 66.1 Å². The van der Waals surface area contributed by atoms with Gasteiger partial charge < -0.3 is 9.15 Å². The monoisotopic (exact) mass is 381 g/mol. The van der Waals surface area contributed by atoms with E-state index >= 15 is 0 Å². The van der Waals surface area contributed by atoms with E-state index < -0.39 is 0 Å². The molecule has 0 atom stereocenters. The van der Waals surface area contributed by atoms with E-state index in [1.807, 2.05) is 37.3 Å². The lowest BCUT2D eigenvalue weighted by molar-refractivity contribution is 0.340. The van der Waals surface area contributed by atoms with Gasteiger partial charge in [0.25, 0.3) is 11.1 Å². The Morgan fingerprint density at radius 2 is 2.00 bits per heavy atom. The highest BCUT2D eigenvalue weighted by Gasteiger charge is 2.14. The second-order valence-corrected chi connectivity index (χ2v) is 6.66. The van der Waals surface area contributed by atoms with Gasteiger partial charge in [-0.3, -0.25) is 4.98 Å². The minimum Gasteiger partial charge on any atom is -0.493 e. The van der Waals surface area contributed by atoms with Crippen LogP contribution in [0, 0.1) is 5.82 Å². The maximum absolute atomic E-state index is 13.9. The number of rotatable bonds is 6. The molecule has 0 bridgehead atoms. The molecule has 0 unspecified atom stereocenters. The lowest BCUT2D eigenvalue weighted by Gasteiger charge is -2.06. The normalized spacial score (nSPS) is 11.0. The number of thioether (sulfide) groups is 1. The summed E-state index contributed by atoms with van der Waals surface area (Å²) < 4.78 is 25.2. The van der Waals surface area contributed by atoms with E-state index in [0.717, 1.165) is 22.0 Å². The first-order valence-electron chi connectivity index (χ1n) is 8.46. The Morgan fingerprint density at radius 1 is 1.11 bits per heavy atom. The number of ether oxygens (including phenoxy) is 1. The average Bonchev–Trinajstić information content (AvgIpc) is 3.15. The summed E-state index contributed by atoms with van der Waals surface area (Å²) >= 11 is 1.34. The molecule has 0 amide bonds. The van der Waals surface area contributed by atoms with Gasteiger partial charge in [-0.05, 0) is 42.8 Å². The fourth-order valence-electron chi connectivity index (χ4n) is 2.78. The predicted octanol–water partition coefficient (Wildman–Crippen LogP) is 5.11. The van der Waals surface area contributed by atoms with E-state index in [0.29, 0.717) is 29.2 Å². The smallest absolute Gasteiger partial charge is 0.277 e. The van der Waals surface area contributed by atoms with Crippen LogP contribution in [0.15, 0.2) is 64.4 Å². The van der Waals surface area contributed by atoms with E-state index in [1.54, 1.807) is 12.3 Å². The highest BCUT2D eigenvalue weighted by molar-refractivity contribution is 7.98. The third-order valence-corrected chi connectivity index (χ3v) is 4.79. The van der Waals surface area contributed by atoms with Crippen molar-refractivity contribution in [2.45, 2.75) is 17.9 Å². The molecule has 2 aromatic heterocycles. The Hall–Kier alpha value is -2.93. The fraction of sp³-hybridized carbons (Fsp3) is 0.150. The van der Waals surface area contributed by atoms with Crippen molar-refractivity contribution in [2.24, 2.45) is 0 Å². The first-order chi connectivity index (χ1) is 13.2. The molecule has 4 aromatic rings. The zero-order valence-electron chi connectivity index (χ0n) is 14.6. The first-order valence-corrected chi connectivity index (χ1v) is 9.45. The van der Waals surface area contributed by atoms with Crippen molar-refractivity contribution in [3.8, 4) is 17.2 Å². The van der Waals surface area contributed by atoms with E-state index in [1.165, 1.54) is 23.9 Å². The van der Waals surface area contributed by atoms with Crippen LogP contribution < -0.4 is 4.74 Å². The minimum absolute atomic E-state index is 0.289. The number of pyridine rings is 1. The molecule has 5 nitrogen and oxygen atoms in total. The molecule has 0 aliphatic rings. The van der Waals surface area contributed by atoms with E-state index in [2.05, 4.69) is 15.2 Å². The second kappa shape index (κ2) is 7.75. The molecule has 0 spiro atoms. The molecule has 27 heavy (non-hydrogen) atoms. The van der Waals surface area contributed by atoms with Gasteiger partial charge in [-0.2, -0.15) is 0 Å². The molecule has 2 aromatic carbocycles. The summed E-state index contributed by atoms with van der Waals surface area (Å²) in [7, 11) is 0.